The Labute approximate surface area is 228 Å². The number of hydrogen-bond acceptors (Lipinski definition) is 6. The van der Waals surface area contributed by atoms with Gasteiger partial charge in [-0.15, -0.1) is 6.58 Å². The summed E-state index contributed by atoms with van der Waals surface area (Å²) in [6.07, 6.45) is 1.62. The largest absolute Gasteiger partial charge is 0.478 e. The number of pyridine rings is 1. The number of nitrogens with zero attached hydrogens (tertiary/aromatic N) is 3. The summed E-state index contributed by atoms with van der Waals surface area (Å²) < 4.78 is 1.51. The number of thioether (sulfide) groups is 1. The van der Waals surface area contributed by atoms with E-state index in [2.05, 4.69) is 21.9 Å². The smallest absolute Gasteiger partial charge is 0.336 e. The first-order valence-corrected chi connectivity index (χ1v) is 13.0. The lowest BCUT2D eigenvalue weighted by atomic mass is 10.0. The van der Waals surface area contributed by atoms with Crippen molar-refractivity contribution in [2.24, 2.45) is 0 Å². The first-order chi connectivity index (χ1) is 18.9. The molecule has 5 aromatic rings. The lowest BCUT2D eigenvalue weighted by molar-refractivity contribution is -0.115. The van der Waals surface area contributed by atoms with Crippen LogP contribution in [-0.4, -0.2) is 36.8 Å². The summed E-state index contributed by atoms with van der Waals surface area (Å²) in [6, 6.07) is 22.8. The number of carboxylic acids is 1. The van der Waals surface area contributed by atoms with Gasteiger partial charge in [-0.2, -0.15) is 0 Å². The Kier molecular flexibility index (Phi) is 7.25. The number of rotatable bonds is 8. The fourth-order valence-electron chi connectivity index (χ4n) is 4.21. The van der Waals surface area contributed by atoms with Gasteiger partial charge in [-0.1, -0.05) is 60.3 Å². The molecule has 0 fully saturated rings. The molecule has 1 atom stereocenters. The molecule has 2 heterocycles. The average Bonchev–Trinajstić information content (AvgIpc) is 2.94. The van der Waals surface area contributed by atoms with E-state index in [0.717, 1.165) is 5.56 Å². The van der Waals surface area contributed by atoms with Crippen LogP contribution in [0.3, 0.4) is 0 Å². The summed E-state index contributed by atoms with van der Waals surface area (Å²) in [7, 11) is 0. The van der Waals surface area contributed by atoms with Crippen LogP contribution in [0, 0.1) is 0 Å². The van der Waals surface area contributed by atoms with Crippen molar-refractivity contribution in [3.8, 4) is 11.3 Å². The number of para-hydroxylation sites is 2. The fourth-order valence-corrected chi connectivity index (χ4v) is 5.13. The quantitative estimate of drug-likeness (QED) is 0.150. The molecule has 2 N–H and O–H groups in total. The number of fused-ring (bicyclic) bond motifs is 2. The van der Waals surface area contributed by atoms with Crippen LogP contribution in [0.25, 0.3) is 33.1 Å². The first kappa shape index (κ1) is 25.9. The normalized spacial score (nSPS) is 11.8. The molecule has 0 spiro atoms. The van der Waals surface area contributed by atoms with Gasteiger partial charge in [0.15, 0.2) is 5.16 Å². The van der Waals surface area contributed by atoms with Crippen LogP contribution >= 0.6 is 11.8 Å². The minimum Gasteiger partial charge on any atom is -0.478 e. The first-order valence-electron chi connectivity index (χ1n) is 12.2. The van der Waals surface area contributed by atoms with E-state index in [1.807, 2.05) is 12.1 Å². The highest BCUT2D eigenvalue weighted by Gasteiger charge is 2.20. The van der Waals surface area contributed by atoms with Crippen molar-refractivity contribution in [2.45, 2.75) is 23.9 Å². The van der Waals surface area contributed by atoms with Gasteiger partial charge in [-0.3, -0.25) is 14.2 Å². The van der Waals surface area contributed by atoms with Gasteiger partial charge in [-0.05, 0) is 43.3 Å². The van der Waals surface area contributed by atoms with Crippen LogP contribution in [0.5, 0.6) is 0 Å². The summed E-state index contributed by atoms with van der Waals surface area (Å²) in [6.45, 7) is 5.77. The van der Waals surface area contributed by atoms with Crippen molar-refractivity contribution in [2.75, 3.05) is 5.32 Å². The highest BCUT2D eigenvalue weighted by atomic mass is 32.2. The standard InChI is InChI=1S/C30H24N4O4S/c1-3-16-34-28(36)22-9-5-7-11-25(22)33-30(34)39-18(2)27(35)31-20-14-12-19(13-15-20)26-17-23(29(37)38)21-8-4-6-10-24(21)32-26/h3-15,17-18H,1,16H2,2H3,(H,31,35)(H,37,38). The summed E-state index contributed by atoms with van der Waals surface area (Å²) in [4.78, 5) is 47.0. The second kappa shape index (κ2) is 10.9. The van der Waals surface area contributed by atoms with Crippen molar-refractivity contribution >= 4 is 51.1 Å². The van der Waals surface area contributed by atoms with E-state index in [1.54, 1.807) is 79.7 Å². The van der Waals surface area contributed by atoms with Crippen molar-refractivity contribution < 1.29 is 14.7 Å². The zero-order valence-electron chi connectivity index (χ0n) is 21.0. The number of amides is 1. The number of hydrogen-bond donors (Lipinski definition) is 2. The van der Waals surface area contributed by atoms with Crippen LogP contribution in [0.2, 0.25) is 0 Å². The maximum absolute atomic E-state index is 13.0. The third-order valence-corrected chi connectivity index (χ3v) is 7.27. The number of carbonyl (C=O) groups excluding carboxylic acids is 1. The van der Waals surface area contributed by atoms with Crippen LogP contribution in [0.1, 0.15) is 17.3 Å². The van der Waals surface area contributed by atoms with Crippen molar-refractivity contribution in [3.05, 3.63) is 107 Å². The van der Waals surface area contributed by atoms with E-state index < -0.39 is 11.2 Å². The monoisotopic (exact) mass is 536 g/mol. The molecule has 39 heavy (non-hydrogen) atoms. The Morgan fingerprint density at radius 3 is 2.31 bits per heavy atom. The Morgan fingerprint density at radius 2 is 1.64 bits per heavy atom. The van der Waals surface area contributed by atoms with E-state index in [1.165, 1.54) is 16.3 Å². The molecule has 194 valence electrons. The molecule has 0 aliphatic heterocycles. The highest BCUT2D eigenvalue weighted by Crippen LogP contribution is 2.27. The zero-order chi connectivity index (χ0) is 27.5. The molecule has 5 rings (SSSR count). The molecule has 3 aromatic carbocycles. The number of benzene rings is 3. The molecule has 1 unspecified atom stereocenters. The fraction of sp³-hybridized carbons (Fsp3) is 0.100. The van der Waals surface area contributed by atoms with Crippen molar-refractivity contribution in [3.63, 3.8) is 0 Å². The average molecular weight is 537 g/mol. The van der Waals surface area contributed by atoms with E-state index in [4.69, 9.17) is 0 Å². The number of allylic oxidation sites excluding steroid dienone is 1. The van der Waals surface area contributed by atoms with Crippen molar-refractivity contribution in [1.82, 2.24) is 14.5 Å². The molecule has 0 radical (unpaired) electrons. The maximum atomic E-state index is 13.0. The highest BCUT2D eigenvalue weighted by molar-refractivity contribution is 8.00. The van der Waals surface area contributed by atoms with Gasteiger partial charge in [0, 0.05) is 23.2 Å². The van der Waals surface area contributed by atoms with Crippen LogP contribution < -0.4 is 10.9 Å². The minimum atomic E-state index is -1.02. The van der Waals surface area contributed by atoms with Crippen LogP contribution in [0.15, 0.2) is 101 Å². The topological polar surface area (TPSA) is 114 Å². The van der Waals surface area contributed by atoms with Gasteiger partial charge in [-0.25, -0.2) is 14.8 Å². The minimum absolute atomic E-state index is 0.177. The van der Waals surface area contributed by atoms with Gasteiger partial charge in [0.1, 0.15) is 0 Å². The number of nitrogens with one attached hydrogen (secondary N) is 1. The van der Waals surface area contributed by atoms with Gasteiger partial charge < -0.3 is 10.4 Å². The van der Waals surface area contributed by atoms with Gasteiger partial charge in [0.2, 0.25) is 5.91 Å². The molecular formula is C30H24N4O4S. The third kappa shape index (κ3) is 5.30. The van der Waals surface area contributed by atoms with Crippen LogP contribution in [0.4, 0.5) is 5.69 Å². The summed E-state index contributed by atoms with van der Waals surface area (Å²) in [5, 5.41) is 13.5. The molecule has 0 bridgehead atoms. The summed E-state index contributed by atoms with van der Waals surface area (Å²) >= 11 is 1.20. The Morgan fingerprint density at radius 1 is 1.00 bits per heavy atom. The molecule has 0 aliphatic carbocycles. The van der Waals surface area contributed by atoms with Crippen LogP contribution in [-0.2, 0) is 11.3 Å². The second-order valence-corrected chi connectivity index (χ2v) is 10.1. The SMILES string of the molecule is C=CCn1c(SC(C)C(=O)Nc2ccc(-c3cc(C(=O)O)c4ccccc4n3)cc2)nc2ccccc2c1=O. The van der Waals surface area contributed by atoms with E-state index in [0.29, 0.717) is 38.3 Å². The Hall–Kier alpha value is -4.76. The predicted molar refractivity (Wildman–Crippen MR) is 154 cm³/mol. The van der Waals surface area contributed by atoms with E-state index >= 15 is 0 Å². The number of aromatic carboxylic acids is 1. The molecular weight excluding hydrogens is 512 g/mol. The van der Waals surface area contributed by atoms with E-state index in [-0.39, 0.29) is 23.6 Å². The van der Waals surface area contributed by atoms with Crippen molar-refractivity contribution in [1.29, 1.82) is 0 Å². The molecule has 8 nitrogen and oxygen atoms in total. The number of carboxylic acid groups (broad SMARTS) is 1. The molecule has 0 saturated carbocycles. The summed E-state index contributed by atoms with van der Waals surface area (Å²) in [5.74, 6) is -1.28. The van der Waals surface area contributed by atoms with Gasteiger partial charge in [0.05, 0.1) is 32.9 Å². The number of aromatic nitrogens is 3. The lowest BCUT2D eigenvalue weighted by Crippen LogP contribution is -2.26. The number of carbonyl (C=O) groups is 2. The Bertz CT molecular complexity index is 1800. The number of anilines is 1. The van der Waals surface area contributed by atoms with Gasteiger partial charge in [0.25, 0.3) is 5.56 Å². The molecule has 9 heteroatoms. The molecule has 0 saturated heterocycles. The molecule has 0 aliphatic rings. The van der Waals surface area contributed by atoms with E-state index in [9.17, 15) is 19.5 Å². The van der Waals surface area contributed by atoms with Gasteiger partial charge >= 0.3 is 5.97 Å². The lowest BCUT2D eigenvalue weighted by Gasteiger charge is -2.15. The maximum Gasteiger partial charge on any atom is 0.336 e. The molecule has 2 aromatic heterocycles. The Balaban J connectivity index is 1.35. The summed E-state index contributed by atoms with van der Waals surface area (Å²) in [5.41, 5.74) is 2.98. The molecule has 1 amide bonds. The third-order valence-electron chi connectivity index (χ3n) is 6.18. The second-order valence-electron chi connectivity index (χ2n) is 8.82. The predicted octanol–water partition coefficient (Wildman–Crippen LogP) is 5.62. The zero-order valence-corrected chi connectivity index (χ0v) is 21.8.